The zero-order valence-corrected chi connectivity index (χ0v) is 18.1. The number of para-hydroxylation sites is 2. The van der Waals surface area contributed by atoms with Crippen LogP contribution >= 0.6 is 0 Å². The summed E-state index contributed by atoms with van der Waals surface area (Å²) in [5.74, 6) is 1.18. The fourth-order valence-electron chi connectivity index (χ4n) is 3.57. The average molecular weight is 410 g/mol. The van der Waals surface area contributed by atoms with Crippen molar-refractivity contribution < 1.29 is 14.3 Å². The van der Waals surface area contributed by atoms with Gasteiger partial charge in [0.2, 0.25) is 5.91 Å². The van der Waals surface area contributed by atoms with E-state index in [0.717, 1.165) is 49.7 Å². The van der Waals surface area contributed by atoms with E-state index in [1.54, 1.807) is 19.3 Å². The molecule has 0 spiro atoms. The van der Waals surface area contributed by atoms with E-state index in [9.17, 15) is 4.79 Å². The molecule has 1 aliphatic rings. The summed E-state index contributed by atoms with van der Waals surface area (Å²) in [6.07, 6.45) is 3.32. The third-order valence-corrected chi connectivity index (χ3v) is 5.24. The number of anilines is 2. The van der Waals surface area contributed by atoms with Gasteiger partial charge in [0.1, 0.15) is 0 Å². The molecule has 2 aromatic rings. The number of nitrogens with zero attached hydrogens (tertiary/aromatic N) is 2. The lowest BCUT2D eigenvalue weighted by Gasteiger charge is -2.36. The molecule has 30 heavy (non-hydrogen) atoms. The van der Waals surface area contributed by atoms with Gasteiger partial charge < -0.3 is 24.6 Å². The zero-order valence-electron chi connectivity index (χ0n) is 18.1. The highest BCUT2D eigenvalue weighted by Gasteiger charge is 2.18. The second-order valence-corrected chi connectivity index (χ2v) is 7.10. The molecule has 160 valence electrons. The van der Waals surface area contributed by atoms with E-state index in [1.165, 1.54) is 0 Å². The molecule has 1 N–H and O–H groups in total. The van der Waals surface area contributed by atoms with Crippen LogP contribution in [-0.4, -0.2) is 57.2 Å². The Morgan fingerprint density at radius 3 is 2.53 bits per heavy atom. The van der Waals surface area contributed by atoms with Gasteiger partial charge in [0, 0.05) is 32.3 Å². The Labute approximate surface area is 179 Å². The smallest absolute Gasteiger partial charge is 0.248 e. The highest BCUT2D eigenvalue weighted by Crippen LogP contribution is 2.29. The molecular formula is C24H31N3O3. The van der Waals surface area contributed by atoms with Gasteiger partial charge in [-0.2, -0.15) is 0 Å². The summed E-state index contributed by atoms with van der Waals surface area (Å²) in [5, 5.41) is 3.03. The predicted octanol–water partition coefficient (Wildman–Crippen LogP) is 3.89. The number of rotatable bonds is 8. The molecule has 1 heterocycles. The quantitative estimate of drug-likeness (QED) is 0.671. The first-order valence-electron chi connectivity index (χ1n) is 10.5. The number of likely N-dealkylation sites (N-methyl/N-ethyl adjacent to an activating group) is 1. The Bertz CT molecular complexity index is 874. The SMILES string of the molecule is CCOc1cc(/C=C/C(=O)Nc2ccccc2N2CCN(CC)CC2)ccc1OC. The van der Waals surface area contributed by atoms with Crippen molar-refractivity contribution in [2.75, 3.05) is 56.7 Å². The van der Waals surface area contributed by atoms with E-state index in [1.807, 2.05) is 43.3 Å². The zero-order chi connectivity index (χ0) is 21.3. The molecule has 0 atom stereocenters. The third-order valence-electron chi connectivity index (χ3n) is 5.24. The number of amides is 1. The lowest BCUT2D eigenvalue weighted by atomic mass is 10.1. The predicted molar refractivity (Wildman–Crippen MR) is 123 cm³/mol. The van der Waals surface area contributed by atoms with Crippen LogP contribution in [0.1, 0.15) is 19.4 Å². The maximum Gasteiger partial charge on any atom is 0.248 e. The number of carbonyl (C=O) groups is 1. The number of hydrogen-bond acceptors (Lipinski definition) is 5. The van der Waals surface area contributed by atoms with Gasteiger partial charge in [-0.1, -0.05) is 25.1 Å². The number of benzene rings is 2. The molecule has 0 aromatic heterocycles. The molecule has 0 saturated carbocycles. The van der Waals surface area contributed by atoms with Crippen molar-refractivity contribution in [3.63, 3.8) is 0 Å². The largest absolute Gasteiger partial charge is 0.493 e. The van der Waals surface area contributed by atoms with Crippen molar-refractivity contribution in [1.29, 1.82) is 0 Å². The van der Waals surface area contributed by atoms with Crippen LogP contribution < -0.4 is 19.7 Å². The van der Waals surface area contributed by atoms with Crippen LogP contribution in [0.3, 0.4) is 0 Å². The molecule has 6 nitrogen and oxygen atoms in total. The minimum Gasteiger partial charge on any atom is -0.493 e. The van der Waals surface area contributed by atoms with E-state index >= 15 is 0 Å². The molecule has 0 radical (unpaired) electrons. The molecule has 0 bridgehead atoms. The summed E-state index contributed by atoms with van der Waals surface area (Å²) in [6.45, 7) is 9.74. The average Bonchev–Trinajstić information content (AvgIpc) is 2.78. The maximum atomic E-state index is 12.6. The first kappa shape index (κ1) is 21.7. The van der Waals surface area contributed by atoms with Crippen molar-refractivity contribution in [2.45, 2.75) is 13.8 Å². The summed E-state index contributed by atoms with van der Waals surface area (Å²) in [6, 6.07) is 13.6. The van der Waals surface area contributed by atoms with E-state index in [2.05, 4.69) is 28.1 Å². The molecule has 0 unspecified atom stereocenters. The van der Waals surface area contributed by atoms with Gasteiger partial charge in [-0.25, -0.2) is 0 Å². The van der Waals surface area contributed by atoms with E-state index < -0.39 is 0 Å². The number of hydrogen-bond donors (Lipinski definition) is 1. The van der Waals surface area contributed by atoms with Crippen molar-refractivity contribution in [3.8, 4) is 11.5 Å². The van der Waals surface area contributed by atoms with Crippen LogP contribution in [-0.2, 0) is 4.79 Å². The highest BCUT2D eigenvalue weighted by molar-refractivity contribution is 6.03. The number of carbonyl (C=O) groups excluding carboxylic acids is 1. The van der Waals surface area contributed by atoms with Gasteiger partial charge in [-0.05, 0) is 49.4 Å². The van der Waals surface area contributed by atoms with Crippen molar-refractivity contribution in [3.05, 3.63) is 54.1 Å². The summed E-state index contributed by atoms with van der Waals surface area (Å²) >= 11 is 0. The highest BCUT2D eigenvalue weighted by atomic mass is 16.5. The summed E-state index contributed by atoms with van der Waals surface area (Å²) in [5.41, 5.74) is 2.78. The summed E-state index contributed by atoms with van der Waals surface area (Å²) in [4.78, 5) is 17.3. The van der Waals surface area contributed by atoms with Gasteiger partial charge in [0.25, 0.3) is 0 Å². The summed E-state index contributed by atoms with van der Waals surface area (Å²) in [7, 11) is 1.61. The molecule has 6 heteroatoms. The minimum absolute atomic E-state index is 0.163. The second-order valence-electron chi connectivity index (χ2n) is 7.10. The van der Waals surface area contributed by atoms with Crippen LogP contribution in [0.4, 0.5) is 11.4 Å². The third kappa shape index (κ3) is 5.54. The molecule has 1 amide bonds. The lowest BCUT2D eigenvalue weighted by molar-refractivity contribution is -0.111. The van der Waals surface area contributed by atoms with Gasteiger partial charge in [-0.3, -0.25) is 4.79 Å². The molecule has 0 aliphatic carbocycles. The van der Waals surface area contributed by atoms with Gasteiger partial charge in [0.15, 0.2) is 11.5 Å². The fraction of sp³-hybridized carbons (Fsp3) is 0.375. The Kier molecular flexibility index (Phi) is 7.74. The topological polar surface area (TPSA) is 54.0 Å². The Morgan fingerprint density at radius 1 is 1.07 bits per heavy atom. The fourth-order valence-corrected chi connectivity index (χ4v) is 3.57. The first-order valence-corrected chi connectivity index (χ1v) is 10.5. The van der Waals surface area contributed by atoms with Crippen LogP contribution in [0.15, 0.2) is 48.5 Å². The van der Waals surface area contributed by atoms with E-state index in [-0.39, 0.29) is 5.91 Å². The number of piperazine rings is 1. The lowest BCUT2D eigenvalue weighted by Crippen LogP contribution is -2.46. The minimum atomic E-state index is -0.163. The Hall–Kier alpha value is -2.99. The van der Waals surface area contributed by atoms with Gasteiger partial charge in [-0.15, -0.1) is 0 Å². The standard InChI is InChI=1S/C24H31N3O3/c1-4-26-14-16-27(17-15-26)21-9-7-6-8-20(21)25-24(28)13-11-19-10-12-22(29-3)23(18-19)30-5-2/h6-13,18H,4-5,14-17H2,1-3H3,(H,25,28)/b13-11+. The summed E-state index contributed by atoms with van der Waals surface area (Å²) < 4.78 is 10.9. The monoisotopic (exact) mass is 409 g/mol. The molecular weight excluding hydrogens is 378 g/mol. The van der Waals surface area contributed by atoms with Crippen LogP contribution in [0.5, 0.6) is 11.5 Å². The normalized spacial score (nSPS) is 14.7. The van der Waals surface area contributed by atoms with Crippen molar-refractivity contribution in [2.24, 2.45) is 0 Å². The number of ether oxygens (including phenoxy) is 2. The Morgan fingerprint density at radius 2 is 1.83 bits per heavy atom. The van der Waals surface area contributed by atoms with Gasteiger partial charge >= 0.3 is 0 Å². The molecule has 1 saturated heterocycles. The number of nitrogens with one attached hydrogen (secondary N) is 1. The molecule has 2 aromatic carbocycles. The number of methoxy groups -OCH3 is 1. The van der Waals surface area contributed by atoms with Crippen molar-refractivity contribution in [1.82, 2.24) is 4.90 Å². The van der Waals surface area contributed by atoms with Crippen LogP contribution in [0.25, 0.3) is 6.08 Å². The molecule has 1 aliphatic heterocycles. The van der Waals surface area contributed by atoms with E-state index in [4.69, 9.17) is 9.47 Å². The van der Waals surface area contributed by atoms with Crippen LogP contribution in [0, 0.1) is 0 Å². The Balaban J connectivity index is 1.68. The van der Waals surface area contributed by atoms with Crippen molar-refractivity contribution >= 4 is 23.4 Å². The second kappa shape index (κ2) is 10.7. The van der Waals surface area contributed by atoms with Gasteiger partial charge in [0.05, 0.1) is 25.1 Å². The molecule has 3 rings (SSSR count). The first-order chi connectivity index (χ1) is 14.6. The van der Waals surface area contributed by atoms with Crippen LogP contribution in [0.2, 0.25) is 0 Å². The van der Waals surface area contributed by atoms with E-state index in [0.29, 0.717) is 18.1 Å². The maximum absolute atomic E-state index is 12.6. The molecule has 1 fully saturated rings.